The Balaban J connectivity index is 2.35. The van der Waals surface area contributed by atoms with Crippen molar-refractivity contribution in [2.75, 3.05) is 0 Å². The maximum absolute atomic E-state index is 5.96. The molecule has 0 aliphatic carbocycles. The van der Waals surface area contributed by atoms with E-state index in [1.165, 1.54) is 11.3 Å². The zero-order valence-electron chi connectivity index (χ0n) is 7.97. The average Bonchev–Trinajstić information content (AvgIpc) is 2.61. The molecule has 0 saturated heterocycles. The standard InChI is InChI=1S/C9H12N4S/c1-2-3-6(10)8-13-7-9(14-8)12-5-4-11-7/h4-6H,2-3,10H2,1H3. The Kier molecular flexibility index (Phi) is 2.69. The summed E-state index contributed by atoms with van der Waals surface area (Å²) in [5.74, 6) is 0. The van der Waals surface area contributed by atoms with Gasteiger partial charge in [0.1, 0.15) is 5.01 Å². The zero-order chi connectivity index (χ0) is 9.97. The number of rotatable bonds is 3. The zero-order valence-corrected chi connectivity index (χ0v) is 8.79. The molecule has 0 bridgehead atoms. The summed E-state index contributed by atoms with van der Waals surface area (Å²) in [6.07, 6.45) is 5.35. The first-order valence-electron chi connectivity index (χ1n) is 4.64. The SMILES string of the molecule is CCCC(N)c1nc2nccnc2s1. The van der Waals surface area contributed by atoms with E-state index >= 15 is 0 Å². The van der Waals surface area contributed by atoms with Gasteiger partial charge in [-0.1, -0.05) is 24.7 Å². The van der Waals surface area contributed by atoms with Gasteiger partial charge in [0.2, 0.25) is 0 Å². The summed E-state index contributed by atoms with van der Waals surface area (Å²) in [5.41, 5.74) is 6.67. The fourth-order valence-corrected chi connectivity index (χ4v) is 2.19. The Morgan fingerprint density at radius 3 is 2.93 bits per heavy atom. The molecule has 0 amide bonds. The molecule has 2 aromatic heterocycles. The highest BCUT2D eigenvalue weighted by atomic mass is 32.1. The molecular formula is C9H12N4S. The van der Waals surface area contributed by atoms with Crippen LogP contribution in [0.4, 0.5) is 0 Å². The third-order valence-corrected chi connectivity index (χ3v) is 3.07. The van der Waals surface area contributed by atoms with Gasteiger partial charge < -0.3 is 5.73 Å². The molecule has 2 rings (SSSR count). The Hall–Kier alpha value is -1.07. The average molecular weight is 208 g/mol. The molecule has 2 heterocycles. The van der Waals surface area contributed by atoms with E-state index in [9.17, 15) is 0 Å². The van der Waals surface area contributed by atoms with Crippen LogP contribution in [0.3, 0.4) is 0 Å². The minimum Gasteiger partial charge on any atom is -0.322 e. The highest BCUT2D eigenvalue weighted by Crippen LogP contribution is 2.24. The molecule has 0 fully saturated rings. The number of aromatic nitrogens is 3. The Morgan fingerprint density at radius 2 is 2.21 bits per heavy atom. The van der Waals surface area contributed by atoms with E-state index in [-0.39, 0.29) is 6.04 Å². The topological polar surface area (TPSA) is 64.7 Å². The van der Waals surface area contributed by atoms with Crippen LogP contribution in [0.2, 0.25) is 0 Å². The lowest BCUT2D eigenvalue weighted by Gasteiger charge is -2.03. The van der Waals surface area contributed by atoms with Crippen molar-refractivity contribution in [3.63, 3.8) is 0 Å². The van der Waals surface area contributed by atoms with Crippen LogP contribution in [0.25, 0.3) is 10.5 Å². The summed E-state index contributed by atoms with van der Waals surface area (Å²) in [5, 5.41) is 0.938. The lowest BCUT2D eigenvalue weighted by molar-refractivity contribution is 0.635. The smallest absolute Gasteiger partial charge is 0.189 e. The number of hydrogen-bond donors (Lipinski definition) is 1. The highest BCUT2D eigenvalue weighted by Gasteiger charge is 2.11. The summed E-state index contributed by atoms with van der Waals surface area (Å²) in [6, 6.07) is 0.0287. The van der Waals surface area contributed by atoms with Gasteiger partial charge in [0, 0.05) is 12.4 Å². The molecule has 0 saturated carbocycles. The predicted molar refractivity (Wildman–Crippen MR) is 57.0 cm³/mol. The van der Waals surface area contributed by atoms with Crippen molar-refractivity contribution in [2.24, 2.45) is 5.73 Å². The molecule has 2 aromatic rings. The van der Waals surface area contributed by atoms with Crippen molar-refractivity contribution in [1.82, 2.24) is 15.0 Å². The van der Waals surface area contributed by atoms with Gasteiger partial charge in [-0.05, 0) is 6.42 Å². The van der Waals surface area contributed by atoms with E-state index in [1.54, 1.807) is 12.4 Å². The van der Waals surface area contributed by atoms with Crippen LogP contribution in [-0.2, 0) is 0 Å². The van der Waals surface area contributed by atoms with Gasteiger partial charge in [0.15, 0.2) is 10.5 Å². The minimum atomic E-state index is 0.0287. The Morgan fingerprint density at radius 1 is 1.43 bits per heavy atom. The van der Waals surface area contributed by atoms with Crippen LogP contribution >= 0.6 is 11.3 Å². The molecule has 14 heavy (non-hydrogen) atoms. The van der Waals surface area contributed by atoms with Crippen molar-refractivity contribution in [3.8, 4) is 0 Å². The first kappa shape index (κ1) is 9.48. The number of hydrogen-bond acceptors (Lipinski definition) is 5. The number of nitrogens with two attached hydrogens (primary N) is 1. The van der Waals surface area contributed by atoms with Crippen molar-refractivity contribution < 1.29 is 0 Å². The van der Waals surface area contributed by atoms with Crippen molar-refractivity contribution >= 4 is 21.8 Å². The second kappa shape index (κ2) is 3.98. The molecule has 5 heteroatoms. The van der Waals surface area contributed by atoms with Gasteiger partial charge in [0.05, 0.1) is 6.04 Å². The van der Waals surface area contributed by atoms with Gasteiger partial charge in [-0.2, -0.15) is 0 Å². The summed E-state index contributed by atoms with van der Waals surface area (Å²) < 4.78 is 0. The van der Waals surface area contributed by atoms with E-state index in [1.807, 2.05) is 0 Å². The van der Waals surface area contributed by atoms with E-state index in [0.717, 1.165) is 22.7 Å². The molecule has 74 valence electrons. The lowest BCUT2D eigenvalue weighted by atomic mass is 10.2. The number of thiazole rings is 1. The summed E-state index contributed by atoms with van der Waals surface area (Å²) in [4.78, 5) is 13.5. The van der Waals surface area contributed by atoms with Crippen LogP contribution < -0.4 is 5.73 Å². The molecular weight excluding hydrogens is 196 g/mol. The predicted octanol–water partition coefficient (Wildman–Crippen LogP) is 1.89. The van der Waals surface area contributed by atoms with Gasteiger partial charge in [-0.3, -0.25) is 0 Å². The van der Waals surface area contributed by atoms with Crippen LogP contribution in [0.1, 0.15) is 30.8 Å². The van der Waals surface area contributed by atoms with Crippen LogP contribution in [0.5, 0.6) is 0 Å². The monoisotopic (exact) mass is 208 g/mol. The van der Waals surface area contributed by atoms with Crippen LogP contribution in [0.15, 0.2) is 12.4 Å². The fourth-order valence-electron chi connectivity index (χ4n) is 1.29. The highest BCUT2D eigenvalue weighted by molar-refractivity contribution is 7.18. The van der Waals surface area contributed by atoms with Crippen molar-refractivity contribution in [1.29, 1.82) is 0 Å². The van der Waals surface area contributed by atoms with E-state index in [4.69, 9.17) is 5.73 Å². The molecule has 0 aliphatic heterocycles. The first-order valence-corrected chi connectivity index (χ1v) is 5.46. The quantitative estimate of drug-likeness (QED) is 0.836. The van der Waals surface area contributed by atoms with E-state index < -0.39 is 0 Å². The molecule has 1 unspecified atom stereocenters. The first-order chi connectivity index (χ1) is 6.81. The molecule has 0 spiro atoms. The Labute approximate surface area is 86.2 Å². The summed E-state index contributed by atoms with van der Waals surface area (Å²) in [6.45, 7) is 2.11. The van der Waals surface area contributed by atoms with Gasteiger partial charge >= 0.3 is 0 Å². The van der Waals surface area contributed by atoms with Gasteiger partial charge in [0.25, 0.3) is 0 Å². The molecule has 0 aromatic carbocycles. The maximum Gasteiger partial charge on any atom is 0.189 e. The van der Waals surface area contributed by atoms with Crippen LogP contribution in [0, 0.1) is 0 Å². The van der Waals surface area contributed by atoms with Crippen LogP contribution in [-0.4, -0.2) is 15.0 Å². The summed E-state index contributed by atoms with van der Waals surface area (Å²) in [7, 11) is 0. The maximum atomic E-state index is 5.96. The second-order valence-electron chi connectivity index (χ2n) is 3.13. The number of nitrogens with zero attached hydrogens (tertiary/aromatic N) is 3. The van der Waals surface area contributed by atoms with E-state index in [0.29, 0.717) is 5.65 Å². The molecule has 0 radical (unpaired) electrons. The van der Waals surface area contributed by atoms with E-state index in [2.05, 4.69) is 21.9 Å². The largest absolute Gasteiger partial charge is 0.322 e. The molecule has 0 aliphatic rings. The normalized spacial score (nSPS) is 13.3. The Bertz CT molecular complexity index is 392. The minimum absolute atomic E-state index is 0.0287. The second-order valence-corrected chi connectivity index (χ2v) is 4.14. The fraction of sp³-hybridized carbons (Fsp3) is 0.444. The number of fused-ring (bicyclic) bond motifs is 1. The lowest BCUT2D eigenvalue weighted by Crippen LogP contribution is -2.08. The van der Waals surface area contributed by atoms with Crippen molar-refractivity contribution in [2.45, 2.75) is 25.8 Å². The third kappa shape index (κ3) is 1.73. The van der Waals surface area contributed by atoms with Gasteiger partial charge in [-0.15, -0.1) is 0 Å². The third-order valence-electron chi connectivity index (χ3n) is 1.98. The van der Waals surface area contributed by atoms with Gasteiger partial charge in [-0.25, -0.2) is 15.0 Å². The van der Waals surface area contributed by atoms with Crippen molar-refractivity contribution in [3.05, 3.63) is 17.4 Å². The molecule has 1 atom stereocenters. The molecule has 2 N–H and O–H groups in total. The summed E-state index contributed by atoms with van der Waals surface area (Å²) >= 11 is 1.54. The molecule has 4 nitrogen and oxygen atoms in total.